The Morgan fingerprint density at radius 1 is 1.37 bits per heavy atom. The smallest absolute Gasteiger partial charge is 0.306 e. The molecular formula is C18H19N5O4. The number of aromatic nitrogens is 4. The number of aryl methyl sites for hydroxylation is 2. The topological polar surface area (TPSA) is 113 Å². The van der Waals surface area contributed by atoms with Gasteiger partial charge >= 0.3 is 5.97 Å². The largest absolute Gasteiger partial charge is 0.458 e. The number of fused-ring (bicyclic) bond motifs is 1. The molecule has 140 valence electrons. The number of ether oxygens (including phenoxy) is 1. The SMILES string of the molecule is Cc1nc2ncnn2c(C)c1CCC(=O)O[C@H](C)c1cccc([N+](=O)[O-])c1. The number of hydrogen-bond donors (Lipinski definition) is 0. The van der Waals surface area contributed by atoms with Gasteiger partial charge in [0, 0.05) is 29.9 Å². The number of carbonyl (C=O) groups is 1. The molecule has 9 nitrogen and oxygen atoms in total. The molecule has 0 unspecified atom stereocenters. The number of rotatable bonds is 6. The lowest BCUT2D eigenvalue weighted by molar-refractivity contribution is -0.385. The molecule has 0 spiro atoms. The predicted molar refractivity (Wildman–Crippen MR) is 96.2 cm³/mol. The zero-order valence-corrected chi connectivity index (χ0v) is 15.2. The van der Waals surface area contributed by atoms with Gasteiger partial charge in [0.05, 0.1) is 4.92 Å². The normalized spacial score (nSPS) is 12.1. The van der Waals surface area contributed by atoms with E-state index in [1.807, 2.05) is 13.8 Å². The van der Waals surface area contributed by atoms with E-state index in [2.05, 4.69) is 15.1 Å². The average Bonchev–Trinajstić information content (AvgIpc) is 3.10. The molecule has 0 aliphatic rings. The summed E-state index contributed by atoms with van der Waals surface area (Å²) in [6.07, 6.45) is 1.49. The van der Waals surface area contributed by atoms with Crippen LogP contribution in [0.15, 0.2) is 30.6 Å². The van der Waals surface area contributed by atoms with Gasteiger partial charge in [0.25, 0.3) is 11.5 Å². The Hall–Kier alpha value is -3.36. The zero-order chi connectivity index (χ0) is 19.6. The summed E-state index contributed by atoms with van der Waals surface area (Å²) in [6, 6.07) is 6.08. The molecule has 27 heavy (non-hydrogen) atoms. The van der Waals surface area contributed by atoms with Gasteiger partial charge in [0.1, 0.15) is 12.4 Å². The highest BCUT2D eigenvalue weighted by Gasteiger charge is 2.17. The van der Waals surface area contributed by atoms with Gasteiger partial charge in [-0.15, -0.1) is 0 Å². The monoisotopic (exact) mass is 369 g/mol. The molecule has 2 heterocycles. The van der Waals surface area contributed by atoms with Crippen molar-refractivity contribution in [2.24, 2.45) is 0 Å². The minimum Gasteiger partial charge on any atom is -0.458 e. The fourth-order valence-corrected chi connectivity index (χ4v) is 2.96. The van der Waals surface area contributed by atoms with Crippen LogP contribution in [0.25, 0.3) is 5.78 Å². The van der Waals surface area contributed by atoms with Gasteiger partial charge in [-0.25, -0.2) is 9.50 Å². The van der Waals surface area contributed by atoms with Gasteiger partial charge in [0.15, 0.2) is 0 Å². The molecule has 0 N–H and O–H groups in total. The molecule has 0 fully saturated rings. The molecule has 0 aliphatic heterocycles. The Balaban J connectivity index is 1.66. The van der Waals surface area contributed by atoms with E-state index in [4.69, 9.17) is 4.74 Å². The van der Waals surface area contributed by atoms with Crippen LogP contribution in [-0.2, 0) is 16.0 Å². The predicted octanol–water partition coefficient (Wildman–Crippen LogP) is 2.89. The maximum absolute atomic E-state index is 12.2. The molecule has 3 aromatic rings. The maximum Gasteiger partial charge on any atom is 0.306 e. The summed E-state index contributed by atoms with van der Waals surface area (Å²) < 4.78 is 7.07. The van der Waals surface area contributed by atoms with Crippen LogP contribution in [0.3, 0.4) is 0 Å². The quantitative estimate of drug-likeness (QED) is 0.373. The minimum absolute atomic E-state index is 0.0335. The van der Waals surface area contributed by atoms with Crippen molar-refractivity contribution in [3.05, 3.63) is 63.2 Å². The zero-order valence-electron chi connectivity index (χ0n) is 15.2. The lowest BCUT2D eigenvalue weighted by Gasteiger charge is -2.14. The summed E-state index contributed by atoms with van der Waals surface area (Å²) in [7, 11) is 0. The molecule has 0 aliphatic carbocycles. The molecule has 2 aromatic heterocycles. The Morgan fingerprint density at radius 3 is 2.89 bits per heavy atom. The summed E-state index contributed by atoms with van der Waals surface area (Å²) in [5.41, 5.74) is 3.15. The highest BCUT2D eigenvalue weighted by Crippen LogP contribution is 2.23. The van der Waals surface area contributed by atoms with E-state index in [0.29, 0.717) is 17.8 Å². The van der Waals surface area contributed by atoms with E-state index >= 15 is 0 Å². The lowest BCUT2D eigenvalue weighted by atomic mass is 10.1. The van der Waals surface area contributed by atoms with Gasteiger partial charge in [-0.3, -0.25) is 14.9 Å². The van der Waals surface area contributed by atoms with Crippen molar-refractivity contribution in [3.8, 4) is 0 Å². The first-order valence-electron chi connectivity index (χ1n) is 8.46. The average molecular weight is 369 g/mol. The third-order valence-electron chi connectivity index (χ3n) is 4.43. The third kappa shape index (κ3) is 3.91. The number of nitro groups is 1. The third-order valence-corrected chi connectivity index (χ3v) is 4.43. The van der Waals surface area contributed by atoms with E-state index in [-0.39, 0.29) is 18.1 Å². The highest BCUT2D eigenvalue weighted by atomic mass is 16.6. The summed E-state index contributed by atoms with van der Waals surface area (Å²) in [4.78, 5) is 31.1. The van der Waals surface area contributed by atoms with Crippen LogP contribution in [0.1, 0.15) is 42.0 Å². The van der Waals surface area contributed by atoms with Gasteiger partial charge in [-0.05, 0) is 38.3 Å². The molecule has 0 bridgehead atoms. The fourth-order valence-electron chi connectivity index (χ4n) is 2.96. The second-order valence-corrected chi connectivity index (χ2v) is 6.22. The second kappa shape index (κ2) is 7.48. The number of carbonyl (C=O) groups excluding carboxylic acids is 1. The van der Waals surface area contributed by atoms with Crippen molar-refractivity contribution in [1.82, 2.24) is 19.6 Å². The standard InChI is InChI=1S/C18H19N5O4/c1-11-16(12(2)22-18(21-11)19-10-20-22)7-8-17(24)27-13(3)14-5-4-6-15(9-14)23(25)26/h4-6,9-10,13H,7-8H2,1-3H3/t13-/m1/s1. The molecule has 0 radical (unpaired) electrons. The van der Waals surface area contributed by atoms with Crippen molar-refractivity contribution < 1.29 is 14.5 Å². The van der Waals surface area contributed by atoms with Gasteiger partial charge in [0.2, 0.25) is 0 Å². The Kier molecular flexibility index (Phi) is 5.11. The Bertz CT molecular complexity index is 1010. The number of nitro benzene ring substituents is 1. The first kappa shape index (κ1) is 18.4. The molecule has 0 saturated carbocycles. The van der Waals surface area contributed by atoms with Crippen molar-refractivity contribution in [1.29, 1.82) is 0 Å². The van der Waals surface area contributed by atoms with Crippen LogP contribution >= 0.6 is 0 Å². The van der Waals surface area contributed by atoms with Crippen LogP contribution in [-0.4, -0.2) is 30.5 Å². The van der Waals surface area contributed by atoms with Crippen molar-refractivity contribution in [2.75, 3.05) is 0 Å². The van der Waals surface area contributed by atoms with Crippen LogP contribution in [0, 0.1) is 24.0 Å². The van der Waals surface area contributed by atoms with Crippen LogP contribution in [0.2, 0.25) is 0 Å². The van der Waals surface area contributed by atoms with E-state index < -0.39 is 11.0 Å². The highest BCUT2D eigenvalue weighted by molar-refractivity contribution is 5.70. The Morgan fingerprint density at radius 2 is 2.15 bits per heavy atom. The number of benzene rings is 1. The first-order valence-corrected chi connectivity index (χ1v) is 8.46. The van der Waals surface area contributed by atoms with Crippen LogP contribution in [0.4, 0.5) is 5.69 Å². The molecule has 1 atom stereocenters. The van der Waals surface area contributed by atoms with Gasteiger partial charge in [-0.1, -0.05) is 12.1 Å². The molecule has 1 aromatic carbocycles. The van der Waals surface area contributed by atoms with Crippen LogP contribution < -0.4 is 0 Å². The molecule has 9 heteroatoms. The van der Waals surface area contributed by atoms with Crippen molar-refractivity contribution in [3.63, 3.8) is 0 Å². The van der Waals surface area contributed by atoms with E-state index in [1.165, 1.54) is 18.5 Å². The first-order chi connectivity index (χ1) is 12.9. The van der Waals surface area contributed by atoms with E-state index in [0.717, 1.165) is 17.0 Å². The van der Waals surface area contributed by atoms with Gasteiger partial charge < -0.3 is 4.74 Å². The number of nitrogens with zero attached hydrogens (tertiary/aromatic N) is 5. The second-order valence-electron chi connectivity index (χ2n) is 6.22. The van der Waals surface area contributed by atoms with Crippen molar-refractivity contribution in [2.45, 2.75) is 39.7 Å². The summed E-state index contributed by atoms with van der Waals surface area (Å²) in [5, 5.41) is 15.0. The maximum atomic E-state index is 12.2. The van der Waals surface area contributed by atoms with Crippen LogP contribution in [0.5, 0.6) is 0 Å². The Labute approximate surface area is 155 Å². The number of hydrogen-bond acceptors (Lipinski definition) is 7. The van der Waals surface area contributed by atoms with E-state index in [1.54, 1.807) is 23.6 Å². The van der Waals surface area contributed by atoms with Gasteiger partial charge in [-0.2, -0.15) is 10.1 Å². The molecule has 0 saturated heterocycles. The molecule has 3 rings (SSSR count). The minimum atomic E-state index is -0.574. The fraction of sp³-hybridized carbons (Fsp3) is 0.333. The molecule has 0 amide bonds. The number of non-ortho nitro benzene ring substituents is 1. The summed E-state index contributed by atoms with van der Waals surface area (Å²) in [5.74, 6) is 0.141. The van der Waals surface area contributed by atoms with E-state index in [9.17, 15) is 14.9 Å². The summed E-state index contributed by atoms with van der Waals surface area (Å²) in [6.45, 7) is 5.47. The molecular weight excluding hydrogens is 350 g/mol. The number of esters is 1. The van der Waals surface area contributed by atoms with Crippen molar-refractivity contribution >= 4 is 17.4 Å². The summed E-state index contributed by atoms with van der Waals surface area (Å²) >= 11 is 0. The lowest BCUT2D eigenvalue weighted by Crippen LogP contribution is -2.12.